The van der Waals surface area contributed by atoms with E-state index in [4.69, 9.17) is 4.74 Å². The molecule has 0 radical (unpaired) electrons. The predicted octanol–water partition coefficient (Wildman–Crippen LogP) is 3.27. The number of carbonyl (C=O) groups excluding carboxylic acids is 1. The normalized spacial score (nSPS) is 11.0. The molecule has 0 fully saturated rings. The molecule has 0 saturated carbocycles. The van der Waals surface area contributed by atoms with E-state index >= 15 is 0 Å². The highest BCUT2D eigenvalue weighted by Crippen LogP contribution is 2.28. The maximum absolute atomic E-state index is 12.6. The molecule has 148 valence electrons. The molecule has 0 spiro atoms. The monoisotopic (exact) mass is 389 g/mol. The molecule has 1 amide bonds. The second kappa shape index (κ2) is 8.18. The smallest absolute Gasteiger partial charge is 0.269 e. The Morgan fingerprint density at radius 2 is 2.03 bits per heavy atom. The molecule has 3 heterocycles. The topological polar surface area (TPSA) is 74.0 Å². The lowest BCUT2D eigenvalue weighted by Gasteiger charge is -2.07. The maximum atomic E-state index is 12.6. The summed E-state index contributed by atoms with van der Waals surface area (Å²) in [7, 11) is 3.39. The maximum Gasteiger partial charge on any atom is 0.269 e. The molecule has 7 heteroatoms. The lowest BCUT2D eigenvalue weighted by Crippen LogP contribution is -2.27. The second-order valence-corrected chi connectivity index (χ2v) is 6.77. The van der Waals surface area contributed by atoms with Gasteiger partial charge in [0.1, 0.15) is 17.1 Å². The van der Waals surface area contributed by atoms with Crippen LogP contribution in [0.15, 0.2) is 60.9 Å². The summed E-state index contributed by atoms with van der Waals surface area (Å²) in [4.78, 5) is 17.0. The summed E-state index contributed by atoms with van der Waals surface area (Å²) in [5.41, 5.74) is 3.04. The van der Waals surface area contributed by atoms with Crippen molar-refractivity contribution in [2.75, 3.05) is 13.7 Å². The SMILES string of the molecule is COc1ccccc1-c1cc(C(=O)NCCCn2ccc3cccnc32)n(C)n1. The van der Waals surface area contributed by atoms with Gasteiger partial charge in [0.2, 0.25) is 0 Å². The number of fused-ring (bicyclic) bond motifs is 1. The molecule has 1 aromatic carbocycles. The number of ether oxygens (including phenoxy) is 1. The molecule has 0 aliphatic carbocycles. The Bertz CT molecular complexity index is 1150. The summed E-state index contributed by atoms with van der Waals surface area (Å²) in [6, 6.07) is 15.4. The summed E-state index contributed by atoms with van der Waals surface area (Å²) >= 11 is 0. The number of benzene rings is 1. The van der Waals surface area contributed by atoms with Gasteiger partial charge >= 0.3 is 0 Å². The van der Waals surface area contributed by atoms with Gasteiger partial charge in [-0.05, 0) is 42.8 Å². The van der Waals surface area contributed by atoms with Crippen molar-refractivity contribution in [1.29, 1.82) is 0 Å². The minimum Gasteiger partial charge on any atom is -0.496 e. The molecule has 1 N–H and O–H groups in total. The van der Waals surface area contributed by atoms with E-state index in [1.165, 1.54) is 0 Å². The highest BCUT2D eigenvalue weighted by molar-refractivity contribution is 5.93. The van der Waals surface area contributed by atoms with Crippen LogP contribution >= 0.6 is 0 Å². The third-order valence-corrected chi connectivity index (χ3v) is 4.88. The number of hydrogen-bond acceptors (Lipinski definition) is 4. The molecule has 29 heavy (non-hydrogen) atoms. The first-order valence-corrected chi connectivity index (χ1v) is 9.53. The number of carbonyl (C=O) groups is 1. The van der Waals surface area contributed by atoms with Gasteiger partial charge in [0.25, 0.3) is 5.91 Å². The zero-order chi connectivity index (χ0) is 20.2. The van der Waals surface area contributed by atoms with Crippen LogP contribution in [-0.2, 0) is 13.6 Å². The lowest BCUT2D eigenvalue weighted by atomic mass is 10.1. The van der Waals surface area contributed by atoms with E-state index in [9.17, 15) is 4.79 Å². The number of rotatable bonds is 7. The molecule has 4 rings (SSSR count). The number of methoxy groups -OCH3 is 1. The van der Waals surface area contributed by atoms with Gasteiger partial charge in [-0.3, -0.25) is 9.48 Å². The fourth-order valence-electron chi connectivity index (χ4n) is 3.41. The molecule has 0 unspecified atom stereocenters. The van der Waals surface area contributed by atoms with Gasteiger partial charge in [0, 0.05) is 43.5 Å². The third kappa shape index (κ3) is 3.85. The number of para-hydroxylation sites is 1. The average molecular weight is 389 g/mol. The number of hydrogen-bond donors (Lipinski definition) is 1. The van der Waals surface area contributed by atoms with Crippen molar-refractivity contribution in [3.63, 3.8) is 0 Å². The Balaban J connectivity index is 1.38. The van der Waals surface area contributed by atoms with Gasteiger partial charge in [0.05, 0.1) is 12.8 Å². The van der Waals surface area contributed by atoms with E-state index in [1.54, 1.807) is 31.1 Å². The predicted molar refractivity (Wildman–Crippen MR) is 112 cm³/mol. The van der Waals surface area contributed by atoms with Crippen molar-refractivity contribution in [1.82, 2.24) is 24.6 Å². The molecule has 4 aromatic rings. The Labute approximate surface area is 168 Å². The molecule has 0 aliphatic rings. The van der Waals surface area contributed by atoms with Crippen molar-refractivity contribution in [2.45, 2.75) is 13.0 Å². The van der Waals surface area contributed by atoms with Gasteiger partial charge in [-0.1, -0.05) is 12.1 Å². The number of aromatic nitrogens is 4. The molecule has 3 aromatic heterocycles. The first-order chi connectivity index (χ1) is 14.2. The fraction of sp³-hybridized carbons (Fsp3) is 0.227. The number of amides is 1. The second-order valence-electron chi connectivity index (χ2n) is 6.77. The average Bonchev–Trinajstić information content (AvgIpc) is 3.34. The van der Waals surface area contributed by atoms with Gasteiger partial charge in [-0.2, -0.15) is 5.10 Å². The molecule has 0 atom stereocenters. The van der Waals surface area contributed by atoms with Crippen molar-refractivity contribution in [3.8, 4) is 17.0 Å². The van der Waals surface area contributed by atoms with Crippen LogP contribution in [-0.4, -0.2) is 38.9 Å². The quantitative estimate of drug-likeness (QED) is 0.493. The van der Waals surface area contributed by atoms with Crippen molar-refractivity contribution < 1.29 is 9.53 Å². The van der Waals surface area contributed by atoms with Crippen LogP contribution in [0, 0.1) is 0 Å². The van der Waals surface area contributed by atoms with Crippen LogP contribution < -0.4 is 10.1 Å². The summed E-state index contributed by atoms with van der Waals surface area (Å²) in [6.45, 7) is 1.36. The van der Waals surface area contributed by atoms with Crippen LogP contribution in [0.5, 0.6) is 5.75 Å². The van der Waals surface area contributed by atoms with Gasteiger partial charge in [-0.15, -0.1) is 0 Å². The molecule has 0 bridgehead atoms. The molecule has 0 saturated heterocycles. The van der Waals surface area contributed by atoms with Crippen molar-refractivity contribution in [3.05, 3.63) is 66.6 Å². The van der Waals surface area contributed by atoms with E-state index in [-0.39, 0.29) is 5.91 Å². The number of aryl methyl sites for hydroxylation is 2. The molecule has 0 aliphatic heterocycles. The van der Waals surface area contributed by atoms with Crippen molar-refractivity contribution in [2.24, 2.45) is 7.05 Å². The fourth-order valence-corrected chi connectivity index (χ4v) is 3.41. The van der Waals surface area contributed by atoms with Crippen LogP contribution in [0.4, 0.5) is 0 Å². The largest absolute Gasteiger partial charge is 0.496 e. The Hall–Kier alpha value is -3.61. The zero-order valence-corrected chi connectivity index (χ0v) is 16.5. The highest BCUT2D eigenvalue weighted by Gasteiger charge is 2.16. The van der Waals surface area contributed by atoms with Gasteiger partial charge in [0.15, 0.2) is 0 Å². The summed E-state index contributed by atoms with van der Waals surface area (Å²) in [5.74, 6) is 0.585. The summed E-state index contributed by atoms with van der Waals surface area (Å²) in [5, 5.41) is 8.58. The number of nitrogens with one attached hydrogen (secondary N) is 1. The molecule has 7 nitrogen and oxygen atoms in total. The Kier molecular flexibility index (Phi) is 5.29. The number of nitrogens with zero attached hydrogens (tertiary/aromatic N) is 4. The first kappa shape index (κ1) is 18.7. The zero-order valence-electron chi connectivity index (χ0n) is 16.5. The van der Waals surface area contributed by atoms with Crippen molar-refractivity contribution >= 4 is 16.9 Å². The highest BCUT2D eigenvalue weighted by atomic mass is 16.5. The number of pyridine rings is 1. The third-order valence-electron chi connectivity index (χ3n) is 4.88. The minimum atomic E-state index is -0.142. The van der Waals surface area contributed by atoms with Crippen LogP contribution in [0.2, 0.25) is 0 Å². The lowest BCUT2D eigenvalue weighted by molar-refractivity contribution is 0.0943. The molecular weight excluding hydrogens is 366 g/mol. The first-order valence-electron chi connectivity index (χ1n) is 9.53. The van der Waals surface area contributed by atoms with Crippen LogP contribution in [0.3, 0.4) is 0 Å². The van der Waals surface area contributed by atoms with Crippen LogP contribution in [0.1, 0.15) is 16.9 Å². The molecular formula is C22H23N5O2. The van der Waals surface area contributed by atoms with E-state index in [0.29, 0.717) is 17.9 Å². The van der Waals surface area contributed by atoms with E-state index in [2.05, 4.69) is 26.0 Å². The van der Waals surface area contributed by atoms with Crippen LogP contribution in [0.25, 0.3) is 22.3 Å². The minimum absolute atomic E-state index is 0.142. The summed E-state index contributed by atoms with van der Waals surface area (Å²) < 4.78 is 9.10. The van der Waals surface area contributed by atoms with Gasteiger partial charge < -0.3 is 14.6 Å². The van der Waals surface area contributed by atoms with E-state index in [1.807, 2.05) is 42.6 Å². The summed E-state index contributed by atoms with van der Waals surface area (Å²) in [6.07, 6.45) is 4.63. The Morgan fingerprint density at radius 3 is 2.90 bits per heavy atom. The Morgan fingerprint density at radius 1 is 1.17 bits per heavy atom. The van der Waals surface area contributed by atoms with E-state index in [0.717, 1.165) is 35.3 Å². The van der Waals surface area contributed by atoms with E-state index < -0.39 is 0 Å². The van der Waals surface area contributed by atoms with Gasteiger partial charge in [-0.25, -0.2) is 4.98 Å². The standard InChI is InChI=1S/C22H23N5O2/c1-26-19(15-18(25-26)17-8-3-4-9-20(17)29-2)22(28)24-12-6-13-27-14-10-16-7-5-11-23-21(16)27/h3-5,7-11,14-15H,6,12-13H2,1-2H3,(H,24,28).